The molecule has 2 bridgehead atoms. The molecule has 3 nitrogen and oxygen atoms in total. The first-order valence-corrected chi connectivity index (χ1v) is 7.62. The van der Waals surface area contributed by atoms with Crippen LogP contribution in [0.3, 0.4) is 0 Å². The third kappa shape index (κ3) is 1.42. The fraction of sp³-hybridized carbons (Fsp3) is 0.643. The van der Waals surface area contributed by atoms with E-state index in [9.17, 15) is 9.90 Å². The van der Waals surface area contributed by atoms with Crippen LogP contribution in [0, 0.1) is 17.8 Å². The lowest BCUT2D eigenvalue weighted by molar-refractivity contribution is -0.133. The Balaban J connectivity index is 1.54. The Bertz CT molecular complexity index is 470. The minimum atomic E-state index is -0.263. The molecule has 1 aromatic heterocycles. The first-order valence-electron chi connectivity index (χ1n) is 6.74. The van der Waals surface area contributed by atoms with E-state index in [-0.39, 0.29) is 18.1 Å². The highest BCUT2D eigenvalue weighted by Gasteiger charge is 2.59. The Morgan fingerprint density at radius 3 is 3.06 bits per heavy atom. The fourth-order valence-electron chi connectivity index (χ4n) is 4.36. The lowest BCUT2D eigenvalue weighted by Crippen LogP contribution is -2.44. The van der Waals surface area contributed by atoms with E-state index in [0.29, 0.717) is 24.2 Å². The molecule has 1 aliphatic heterocycles. The van der Waals surface area contributed by atoms with Crippen LogP contribution < -0.4 is 0 Å². The van der Waals surface area contributed by atoms with Crippen molar-refractivity contribution in [2.75, 3.05) is 6.54 Å². The van der Waals surface area contributed by atoms with E-state index in [2.05, 4.69) is 0 Å². The Morgan fingerprint density at radius 2 is 2.33 bits per heavy atom. The summed E-state index contributed by atoms with van der Waals surface area (Å²) in [6, 6.07) is 4.13. The molecule has 0 radical (unpaired) electrons. The second-order valence-corrected chi connectivity index (χ2v) is 6.97. The van der Waals surface area contributed by atoms with Gasteiger partial charge in [-0.1, -0.05) is 6.07 Å². The predicted molar refractivity (Wildman–Crippen MR) is 69.2 cm³/mol. The molecule has 1 saturated heterocycles. The number of rotatable bonds is 2. The van der Waals surface area contributed by atoms with Gasteiger partial charge in [0.05, 0.1) is 18.6 Å². The van der Waals surface area contributed by atoms with E-state index in [1.54, 1.807) is 11.3 Å². The smallest absolute Gasteiger partial charge is 0.228 e. The van der Waals surface area contributed by atoms with Gasteiger partial charge >= 0.3 is 0 Å². The van der Waals surface area contributed by atoms with Crippen LogP contribution in [0.2, 0.25) is 0 Å². The Labute approximate surface area is 110 Å². The minimum absolute atomic E-state index is 0.126. The molecular weight excluding hydrogens is 246 g/mol. The highest BCUT2D eigenvalue weighted by Crippen LogP contribution is 2.54. The maximum absolute atomic E-state index is 12.4. The second-order valence-electron chi connectivity index (χ2n) is 5.94. The molecule has 0 spiro atoms. The summed E-state index contributed by atoms with van der Waals surface area (Å²) >= 11 is 1.64. The van der Waals surface area contributed by atoms with Crippen LogP contribution in [-0.2, 0) is 11.2 Å². The number of hydrogen-bond acceptors (Lipinski definition) is 3. The quantitative estimate of drug-likeness (QED) is 0.879. The molecule has 2 aliphatic carbocycles. The van der Waals surface area contributed by atoms with Gasteiger partial charge in [-0.05, 0) is 42.0 Å². The third-order valence-electron chi connectivity index (χ3n) is 5.07. The van der Waals surface area contributed by atoms with Crippen LogP contribution in [0.1, 0.15) is 17.7 Å². The standard InChI is InChI=1S/C14H17NO2S/c16-12(6-10-2-1-3-18-10)15-7-9-4-8-5-11(9)13(15)14(8)17/h1-3,8-9,11,13-14,17H,4-7H2. The van der Waals surface area contributed by atoms with Crippen molar-refractivity contribution >= 4 is 17.2 Å². The summed E-state index contributed by atoms with van der Waals surface area (Å²) in [4.78, 5) is 15.5. The van der Waals surface area contributed by atoms with Gasteiger partial charge in [-0.3, -0.25) is 4.79 Å². The maximum Gasteiger partial charge on any atom is 0.228 e. The van der Waals surface area contributed by atoms with Gasteiger partial charge in [-0.2, -0.15) is 0 Å². The number of fused-ring (bicyclic) bond motifs is 1. The zero-order valence-electron chi connectivity index (χ0n) is 10.2. The zero-order chi connectivity index (χ0) is 12.3. The average molecular weight is 263 g/mol. The molecule has 0 aromatic carbocycles. The first kappa shape index (κ1) is 11.0. The van der Waals surface area contributed by atoms with Crippen molar-refractivity contribution in [3.8, 4) is 0 Å². The fourth-order valence-corrected chi connectivity index (χ4v) is 5.06. The molecule has 1 aromatic rings. The van der Waals surface area contributed by atoms with Gasteiger partial charge in [0.25, 0.3) is 0 Å². The average Bonchev–Trinajstić information content (AvgIpc) is 3.02. The number of hydrogen-bond donors (Lipinski definition) is 1. The predicted octanol–water partition coefficient (Wildman–Crippen LogP) is 1.52. The third-order valence-corrected chi connectivity index (χ3v) is 5.95. The van der Waals surface area contributed by atoms with Gasteiger partial charge in [0.15, 0.2) is 0 Å². The summed E-state index contributed by atoms with van der Waals surface area (Å²) in [6.07, 6.45) is 2.51. The Kier molecular flexibility index (Phi) is 2.33. The number of amides is 1. The lowest BCUT2D eigenvalue weighted by atomic mass is 9.88. The lowest BCUT2D eigenvalue weighted by Gasteiger charge is -2.28. The van der Waals surface area contributed by atoms with Gasteiger partial charge in [0, 0.05) is 11.4 Å². The van der Waals surface area contributed by atoms with E-state index in [1.165, 1.54) is 0 Å². The van der Waals surface area contributed by atoms with Crippen LogP contribution in [-0.4, -0.2) is 34.6 Å². The zero-order valence-corrected chi connectivity index (χ0v) is 11.0. The summed E-state index contributed by atoms with van der Waals surface area (Å²) in [5.74, 6) is 1.91. The highest BCUT2D eigenvalue weighted by molar-refractivity contribution is 7.10. The summed E-state index contributed by atoms with van der Waals surface area (Å²) in [5.41, 5.74) is 0. The number of carbonyl (C=O) groups is 1. The normalized spacial score (nSPS) is 40.7. The largest absolute Gasteiger partial charge is 0.391 e. The first-order chi connectivity index (χ1) is 8.74. The van der Waals surface area contributed by atoms with Gasteiger partial charge in [-0.25, -0.2) is 0 Å². The Hall–Kier alpha value is -0.870. The number of thiophene rings is 1. The maximum atomic E-state index is 12.4. The summed E-state index contributed by atoms with van der Waals surface area (Å²) < 4.78 is 0. The number of nitrogens with zero attached hydrogens (tertiary/aromatic N) is 1. The van der Waals surface area contributed by atoms with Crippen molar-refractivity contribution in [2.24, 2.45) is 17.8 Å². The monoisotopic (exact) mass is 263 g/mol. The van der Waals surface area contributed by atoms with Crippen molar-refractivity contribution in [1.29, 1.82) is 0 Å². The topological polar surface area (TPSA) is 40.5 Å². The van der Waals surface area contributed by atoms with E-state index in [1.807, 2.05) is 22.4 Å². The Morgan fingerprint density at radius 1 is 1.44 bits per heavy atom. The van der Waals surface area contributed by atoms with Crippen LogP contribution in [0.5, 0.6) is 0 Å². The molecule has 4 heteroatoms. The number of aliphatic hydroxyl groups excluding tert-OH is 1. The van der Waals surface area contributed by atoms with Crippen LogP contribution >= 0.6 is 11.3 Å². The van der Waals surface area contributed by atoms with Crippen LogP contribution in [0.15, 0.2) is 17.5 Å². The van der Waals surface area contributed by atoms with Gasteiger partial charge < -0.3 is 10.0 Å². The minimum Gasteiger partial charge on any atom is -0.391 e. The van der Waals surface area contributed by atoms with Crippen molar-refractivity contribution in [2.45, 2.75) is 31.4 Å². The van der Waals surface area contributed by atoms with Crippen molar-refractivity contribution in [3.63, 3.8) is 0 Å². The van der Waals surface area contributed by atoms with Crippen LogP contribution in [0.25, 0.3) is 0 Å². The van der Waals surface area contributed by atoms with E-state index in [4.69, 9.17) is 0 Å². The van der Waals surface area contributed by atoms with E-state index >= 15 is 0 Å². The van der Waals surface area contributed by atoms with Crippen LogP contribution in [0.4, 0.5) is 0 Å². The molecule has 5 atom stereocenters. The van der Waals surface area contributed by atoms with Gasteiger partial charge in [-0.15, -0.1) is 11.3 Å². The molecule has 96 valence electrons. The highest BCUT2D eigenvalue weighted by atomic mass is 32.1. The molecular formula is C14H17NO2S. The summed E-state index contributed by atoms with van der Waals surface area (Å²) in [7, 11) is 0. The van der Waals surface area contributed by atoms with E-state index in [0.717, 1.165) is 24.3 Å². The molecule has 4 rings (SSSR count). The number of carbonyl (C=O) groups excluding carboxylic acids is 1. The molecule has 18 heavy (non-hydrogen) atoms. The molecule has 5 unspecified atom stereocenters. The number of likely N-dealkylation sites (tertiary alicyclic amines) is 1. The SMILES string of the molecule is O=C(Cc1cccs1)N1CC2CC3CC2C1C3O. The molecule has 3 fully saturated rings. The van der Waals surface area contributed by atoms with Gasteiger partial charge in [0.2, 0.25) is 5.91 Å². The summed E-state index contributed by atoms with van der Waals surface area (Å²) in [6.45, 7) is 0.882. The molecule has 3 aliphatic rings. The molecule has 1 amide bonds. The molecule has 2 heterocycles. The number of aliphatic hydroxyl groups is 1. The van der Waals surface area contributed by atoms with Crippen molar-refractivity contribution in [1.82, 2.24) is 4.90 Å². The molecule has 1 N–H and O–H groups in total. The second kappa shape index (κ2) is 3.81. The summed E-state index contributed by atoms with van der Waals surface area (Å²) in [5, 5.41) is 12.3. The van der Waals surface area contributed by atoms with Crippen molar-refractivity contribution < 1.29 is 9.90 Å². The molecule has 2 saturated carbocycles. The van der Waals surface area contributed by atoms with Crippen molar-refractivity contribution in [3.05, 3.63) is 22.4 Å². The van der Waals surface area contributed by atoms with Gasteiger partial charge in [0.1, 0.15) is 0 Å². The van der Waals surface area contributed by atoms with E-state index < -0.39 is 0 Å².